The van der Waals surface area contributed by atoms with Crippen LogP contribution in [0.1, 0.15) is 15.9 Å². The number of benzene rings is 1. The molecule has 0 aliphatic rings. The van der Waals surface area contributed by atoms with Crippen LogP contribution >= 0.6 is 15.9 Å². The Kier molecular flexibility index (Phi) is 3.71. The molecule has 0 spiro atoms. The SMILES string of the molecule is Cn1cc(C(=O)c2ccc(Br)cc2F)c(=O)n(C)c1=O. The first kappa shape index (κ1) is 14.4. The summed E-state index contributed by atoms with van der Waals surface area (Å²) < 4.78 is 16.2. The molecule has 0 fully saturated rings. The molecule has 2 rings (SSSR count). The maximum absolute atomic E-state index is 13.8. The van der Waals surface area contributed by atoms with Gasteiger partial charge in [0.25, 0.3) is 5.56 Å². The van der Waals surface area contributed by atoms with E-state index in [0.717, 1.165) is 21.4 Å². The van der Waals surface area contributed by atoms with Gasteiger partial charge in [-0.2, -0.15) is 0 Å². The average Bonchev–Trinajstić information content (AvgIpc) is 2.40. The second kappa shape index (κ2) is 5.16. The van der Waals surface area contributed by atoms with Gasteiger partial charge in [0.05, 0.1) is 5.56 Å². The summed E-state index contributed by atoms with van der Waals surface area (Å²) in [5.41, 5.74) is -1.77. The third-order valence-electron chi connectivity index (χ3n) is 2.87. The molecule has 104 valence electrons. The summed E-state index contributed by atoms with van der Waals surface area (Å²) in [5.74, 6) is -1.49. The Bertz CT molecular complexity index is 823. The maximum Gasteiger partial charge on any atom is 0.330 e. The van der Waals surface area contributed by atoms with Crippen LogP contribution in [0.4, 0.5) is 4.39 Å². The first-order valence-electron chi connectivity index (χ1n) is 5.59. The van der Waals surface area contributed by atoms with E-state index in [4.69, 9.17) is 0 Å². The molecule has 0 amide bonds. The first-order valence-corrected chi connectivity index (χ1v) is 6.38. The molecule has 1 aromatic carbocycles. The summed E-state index contributed by atoms with van der Waals surface area (Å²) in [7, 11) is 2.68. The lowest BCUT2D eigenvalue weighted by Gasteiger charge is -2.07. The van der Waals surface area contributed by atoms with Crippen LogP contribution in [0.2, 0.25) is 0 Å². The number of nitrogens with zero attached hydrogens (tertiary/aromatic N) is 2. The Morgan fingerprint density at radius 2 is 1.85 bits per heavy atom. The van der Waals surface area contributed by atoms with Gasteiger partial charge in [0.1, 0.15) is 11.4 Å². The predicted molar refractivity (Wildman–Crippen MR) is 74.5 cm³/mol. The lowest BCUT2D eigenvalue weighted by molar-refractivity contribution is 0.103. The quantitative estimate of drug-likeness (QED) is 0.772. The monoisotopic (exact) mass is 340 g/mol. The van der Waals surface area contributed by atoms with Crippen molar-refractivity contribution >= 4 is 21.7 Å². The van der Waals surface area contributed by atoms with E-state index in [1.54, 1.807) is 0 Å². The van der Waals surface area contributed by atoms with Crippen molar-refractivity contribution < 1.29 is 9.18 Å². The van der Waals surface area contributed by atoms with Crippen LogP contribution in [-0.2, 0) is 14.1 Å². The minimum Gasteiger partial charge on any atom is -0.303 e. The summed E-state index contributed by atoms with van der Waals surface area (Å²) >= 11 is 3.09. The van der Waals surface area contributed by atoms with Crippen molar-refractivity contribution in [1.82, 2.24) is 9.13 Å². The van der Waals surface area contributed by atoms with Crippen LogP contribution in [0.25, 0.3) is 0 Å². The highest BCUT2D eigenvalue weighted by atomic mass is 79.9. The fraction of sp³-hybridized carbons (Fsp3) is 0.154. The molecule has 0 bridgehead atoms. The molecular formula is C13H10BrFN2O3. The largest absolute Gasteiger partial charge is 0.330 e. The number of hydrogen-bond acceptors (Lipinski definition) is 3. The summed E-state index contributed by atoms with van der Waals surface area (Å²) in [6, 6.07) is 3.93. The highest BCUT2D eigenvalue weighted by Crippen LogP contribution is 2.17. The van der Waals surface area contributed by atoms with E-state index in [0.29, 0.717) is 4.47 Å². The number of ketones is 1. The van der Waals surface area contributed by atoms with E-state index in [1.165, 1.54) is 26.2 Å². The lowest BCUT2D eigenvalue weighted by Crippen LogP contribution is -2.39. The van der Waals surface area contributed by atoms with Gasteiger partial charge in [0, 0.05) is 24.8 Å². The number of hydrogen-bond donors (Lipinski definition) is 0. The molecule has 0 aliphatic heterocycles. The molecule has 0 N–H and O–H groups in total. The number of rotatable bonds is 2. The van der Waals surface area contributed by atoms with Crippen LogP contribution in [0.5, 0.6) is 0 Å². The molecule has 0 unspecified atom stereocenters. The lowest BCUT2D eigenvalue weighted by atomic mass is 10.1. The molecule has 0 saturated heterocycles. The normalized spacial score (nSPS) is 10.6. The molecule has 0 saturated carbocycles. The molecule has 0 atom stereocenters. The van der Waals surface area contributed by atoms with E-state index < -0.39 is 22.8 Å². The molecular weight excluding hydrogens is 331 g/mol. The van der Waals surface area contributed by atoms with Gasteiger partial charge in [0.2, 0.25) is 5.78 Å². The fourth-order valence-electron chi connectivity index (χ4n) is 1.78. The van der Waals surface area contributed by atoms with E-state index in [2.05, 4.69) is 15.9 Å². The number of aromatic nitrogens is 2. The third kappa shape index (κ3) is 2.36. The van der Waals surface area contributed by atoms with Gasteiger partial charge in [-0.05, 0) is 18.2 Å². The molecule has 2 aromatic rings. The van der Waals surface area contributed by atoms with Crippen LogP contribution in [0.3, 0.4) is 0 Å². The standard InChI is InChI=1S/C13H10BrFN2O3/c1-16-6-9(12(19)17(2)13(16)20)11(18)8-4-3-7(14)5-10(8)15/h3-6H,1-2H3. The summed E-state index contributed by atoms with van der Waals surface area (Å²) in [4.78, 5) is 35.7. The number of aryl methyl sites for hydroxylation is 1. The minimum absolute atomic E-state index is 0.219. The molecule has 20 heavy (non-hydrogen) atoms. The second-order valence-electron chi connectivity index (χ2n) is 4.25. The average molecular weight is 341 g/mol. The highest BCUT2D eigenvalue weighted by molar-refractivity contribution is 9.10. The third-order valence-corrected chi connectivity index (χ3v) is 3.36. The summed E-state index contributed by atoms with van der Waals surface area (Å²) in [6.45, 7) is 0. The predicted octanol–water partition coefficient (Wildman–Crippen LogP) is 1.22. The maximum atomic E-state index is 13.8. The Morgan fingerprint density at radius 1 is 1.20 bits per heavy atom. The van der Waals surface area contributed by atoms with Gasteiger partial charge in [0.15, 0.2) is 0 Å². The van der Waals surface area contributed by atoms with Crippen molar-refractivity contribution in [3.63, 3.8) is 0 Å². The van der Waals surface area contributed by atoms with Crippen LogP contribution in [-0.4, -0.2) is 14.9 Å². The second-order valence-corrected chi connectivity index (χ2v) is 5.17. The fourth-order valence-corrected chi connectivity index (χ4v) is 2.12. The highest BCUT2D eigenvalue weighted by Gasteiger charge is 2.19. The van der Waals surface area contributed by atoms with Crippen molar-refractivity contribution in [3.8, 4) is 0 Å². The van der Waals surface area contributed by atoms with Gasteiger partial charge in [-0.15, -0.1) is 0 Å². The number of halogens is 2. The molecule has 1 heterocycles. The van der Waals surface area contributed by atoms with Gasteiger partial charge in [-0.25, -0.2) is 9.18 Å². The van der Waals surface area contributed by atoms with Crippen molar-refractivity contribution in [2.24, 2.45) is 14.1 Å². The van der Waals surface area contributed by atoms with Crippen molar-refractivity contribution in [3.05, 3.63) is 66.7 Å². The molecule has 7 heteroatoms. The zero-order valence-electron chi connectivity index (χ0n) is 10.7. The van der Waals surface area contributed by atoms with Crippen LogP contribution in [0, 0.1) is 5.82 Å². The Morgan fingerprint density at radius 3 is 2.45 bits per heavy atom. The topological polar surface area (TPSA) is 61.1 Å². The van der Waals surface area contributed by atoms with Crippen molar-refractivity contribution in [2.45, 2.75) is 0 Å². The first-order chi connectivity index (χ1) is 9.32. The van der Waals surface area contributed by atoms with Gasteiger partial charge >= 0.3 is 5.69 Å². The zero-order chi connectivity index (χ0) is 15.0. The Balaban J connectivity index is 2.66. The van der Waals surface area contributed by atoms with Gasteiger partial charge < -0.3 is 4.57 Å². The smallest absolute Gasteiger partial charge is 0.303 e. The van der Waals surface area contributed by atoms with Crippen LogP contribution in [0.15, 0.2) is 38.5 Å². The molecule has 0 radical (unpaired) electrons. The minimum atomic E-state index is -0.758. The Hall–Kier alpha value is -2.02. The van der Waals surface area contributed by atoms with Crippen molar-refractivity contribution in [2.75, 3.05) is 0 Å². The van der Waals surface area contributed by atoms with E-state index >= 15 is 0 Å². The molecule has 5 nitrogen and oxygen atoms in total. The zero-order valence-corrected chi connectivity index (χ0v) is 12.3. The van der Waals surface area contributed by atoms with Crippen molar-refractivity contribution in [1.29, 1.82) is 0 Å². The molecule has 0 aliphatic carbocycles. The van der Waals surface area contributed by atoms with E-state index in [9.17, 15) is 18.8 Å². The van der Waals surface area contributed by atoms with E-state index in [-0.39, 0.29) is 11.1 Å². The molecule has 1 aromatic heterocycles. The van der Waals surface area contributed by atoms with E-state index in [1.807, 2.05) is 0 Å². The number of carbonyl (C=O) groups is 1. The Labute approximate surface area is 121 Å². The summed E-state index contributed by atoms with van der Waals surface area (Å²) in [5, 5.41) is 0. The number of carbonyl (C=O) groups excluding carboxylic acids is 1. The summed E-state index contributed by atoms with van der Waals surface area (Å²) in [6.07, 6.45) is 1.12. The van der Waals surface area contributed by atoms with Gasteiger partial charge in [-0.1, -0.05) is 15.9 Å². The van der Waals surface area contributed by atoms with Gasteiger partial charge in [-0.3, -0.25) is 14.2 Å². The van der Waals surface area contributed by atoms with Crippen LogP contribution < -0.4 is 11.2 Å².